The number of carbonyl (C=O) groups is 1. The van der Waals surface area contributed by atoms with Gasteiger partial charge in [-0.2, -0.15) is 0 Å². The number of carbonyl (C=O) groups excluding carboxylic acids is 1. The fraction of sp³-hybridized carbons (Fsp3) is 0.0909. The van der Waals surface area contributed by atoms with Gasteiger partial charge in [-0.15, -0.1) is 0 Å². The highest BCUT2D eigenvalue weighted by atomic mass is 16.5. The van der Waals surface area contributed by atoms with Crippen LogP contribution in [0, 0.1) is 13.8 Å². The largest absolute Gasteiger partial charge is 0.420 e. The smallest absolute Gasteiger partial charge is 0.360 e. The van der Waals surface area contributed by atoms with Crippen molar-refractivity contribution in [2.45, 2.75) is 13.8 Å². The van der Waals surface area contributed by atoms with Crippen molar-refractivity contribution in [3.63, 3.8) is 0 Å². The summed E-state index contributed by atoms with van der Waals surface area (Å²) in [6, 6.07) is 13.8. The summed E-state index contributed by atoms with van der Waals surface area (Å²) in [6.07, 6.45) is 3.16. The molecule has 5 rings (SSSR count). The van der Waals surface area contributed by atoms with Gasteiger partial charge in [-0.05, 0) is 49.2 Å². The van der Waals surface area contributed by atoms with Gasteiger partial charge in [0.05, 0.1) is 11.7 Å². The molecular formula is C22H17N3O2. The maximum absolute atomic E-state index is 12.7. The van der Waals surface area contributed by atoms with Crippen molar-refractivity contribution >= 4 is 38.7 Å². The lowest BCUT2D eigenvalue weighted by molar-refractivity contribution is 0.0728. The van der Waals surface area contributed by atoms with Crippen molar-refractivity contribution in [1.29, 1.82) is 0 Å². The van der Waals surface area contributed by atoms with E-state index in [0.717, 1.165) is 38.4 Å². The number of ether oxygens (including phenoxy) is 1. The quantitative estimate of drug-likeness (QED) is 0.436. The third-order valence-corrected chi connectivity index (χ3v) is 5.11. The van der Waals surface area contributed by atoms with Crippen LogP contribution in [-0.4, -0.2) is 20.9 Å². The van der Waals surface area contributed by atoms with E-state index in [1.807, 2.05) is 19.1 Å². The van der Waals surface area contributed by atoms with E-state index >= 15 is 0 Å². The second-order valence-corrected chi connectivity index (χ2v) is 6.72. The maximum Gasteiger partial charge on any atom is 0.360 e. The predicted octanol–water partition coefficient (Wildman–Crippen LogP) is 5.03. The minimum absolute atomic E-state index is 0.412. The van der Waals surface area contributed by atoms with E-state index in [1.54, 1.807) is 18.3 Å². The first kappa shape index (κ1) is 15.6. The summed E-state index contributed by atoms with van der Waals surface area (Å²) in [5, 5.41) is 3.36. The van der Waals surface area contributed by atoms with Crippen molar-refractivity contribution in [3.8, 4) is 5.75 Å². The predicted molar refractivity (Wildman–Crippen MR) is 106 cm³/mol. The Bertz CT molecular complexity index is 1330. The van der Waals surface area contributed by atoms with Gasteiger partial charge in [0.1, 0.15) is 11.4 Å². The van der Waals surface area contributed by atoms with Crippen molar-refractivity contribution < 1.29 is 9.53 Å². The molecular weight excluding hydrogens is 338 g/mol. The number of H-pyrrole nitrogens is 2. The molecule has 2 aromatic carbocycles. The Hall–Kier alpha value is -3.60. The zero-order valence-electron chi connectivity index (χ0n) is 15.0. The molecule has 0 atom stereocenters. The summed E-state index contributed by atoms with van der Waals surface area (Å²) in [6.45, 7) is 4.03. The molecule has 0 bridgehead atoms. The zero-order valence-corrected chi connectivity index (χ0v) is 15.0. The van der Waals surface area contributed by atoms with Crippen LogP contribution in [0.3, 0.4) is 0 Å². The second kappa shape index (κ2) is 5.71. The highest BCUT2D eigenvalue weighted by Crippen LogP contribution is 2.35. The van der Waals surface area contributed by atoms with E-state index in [9.17, 15) is 4.79 Å². The molecule has 3 heterocycles. The van der Waals surface area contributed by atoms with E-state index in [-0.39, 0.29) is 0 Å². The van der Waals surface area contributed by atoms with Gasteiger partial charge in [0.2, 0.25) is 0 Å². The number of aromatic amines is 2. The lowest BCUT2D eigenvalue weighted by atomic mass is 10.0. The highest BCUT2D eigenvalue weighted by molar-refractivity contribution is 6.15. The number of esters is 1. The van der Waals surface area contributed by atoms with Crippen LogP contribution in [0.15, 0.2) is 54.9 Å². The van der Waals surface area contributed by atoms with E-state index in [2.05, 4.69) is 40.1 Å². The molecule has 0 spiro atoms. The Balaban J connectivity index is 1.69. The number of hydrogen-bond acceptors (Lipinski definition) is 3. The minimum Gasteiger partial charge on any atom is -0.420 e. The normalized spacial score (nSPS) is 11.5. The SMILES string of the molecule is Cc1c(C(=O)Oc2cccnc2)[nH]c2cc3c([nH]c4ccccc43)c(C)c12. The average molecular weight is 355 g/mol. The van der Waals surface area contributed by atoms with Gasteiger partial charge in [0.25, 0.3) is 0 Å². The molecule has 5 nitrogen and oxygen atoms in total. The number of aromatic nitrogens is 3. The first-order valence-electron chi connectivity index (χ1n) is 8.78. The molecule has 0 aliphatic heterocycles. The summed E-state index contributed by atoms with van der Waals surface area (Å²) >= 11 is 0. The van der Waals surface area contributed by atoms with Crippen molar-refractivity contribution in [3.05, 3.63) is 71.7 Å². The lowest BCUT2D eigenvalue weighted by Gasteiger charge is -2.03. The summed E-state index contributed by atoms with van der Waals surface area (Å²) in [4.78, 5) is 23.4. The summed E-state index contributed by atoms with van der Waals surface area (Å²) < 4.78 is 5.46. The number of fused-ring (bicyclic) bond motifs is 4. The third kappa shape index (κ3) is 2.32. The molecule has 0 aliphatic carbocycles. The number of nitrogens with one attached hydrogen (secondary N) is 2. The Kier molecular flexibility index (Phi) is 3.31. The van der Waals surface area contributed by atoms with E-state index in [0.29, 0.717) is 11.4 Å². The number of hydrogen-bond donors (Lipinski definition) is 2. The summed E-state index contributed by atoms with van der Waals surface area (Å²) in [5.41, 5.74) is 5.61. The van der Waals surface area contributed by atoms with Crippen LogP contribution < -0.4 is 4.74 Å². The molecule has 0 unspecified atom stereocenters. The van der Waals surface area contributed by atoms with Gasteiger partial charge in [-0.25, -0.2) is 4.79 Å². The lowest BCUT2D eigenvalue weighted by Crippen LogP contribution is -2.10. The van der Waals surface area contributed by atoms with Crippen LogP contribution in [0.4, 0.5) is 0 Å². The van der Waals surface area contributed by atoms with E-state index in [1.165, 1.54) is 11.6 Å². The maximum atomic E-state index is 12.7. The number of aryl methyl sites for hydroxylation is 2. The number of rotatable bonds is 2. The zero-order chi connectivity index (χ0) is 18.5. The molecule has 5 heteroatoms. The molecule has 3 aromatic heterocycles. The van der Waals surface area contributed by atoms with E-state index in [4.69, 9.17) is 4.74 Å². The van der Waals surface area contributed by atoms with Crippen LogP contribution >= 0.6 is 0 Å². The van der Waals surface area contributed by atoms with Crippen LogP contribution in [-0.2, 0) is 0 Å². The minimum atomic E-state index is -0.412. The van der Waals surface area contributed by atoms with Crippen LogP contribution in [0.2, 0.25) is 0 Å². The van der Waals surface area contributed by atoms with Gasteiger partial charge >= 0.3 is 5.97 Å². The van der Waals surface area contributed by atoms with Gasteiger partial charge < -0.3 is 14.7 Å². The standard InChI is InChI=1S/C22H17N3O2/c1-12-19-13(2)21(22(26)27-14-6-5-9-23-11-14)25-18(19)10-16-15-7-3-4-8-17(15)24-20(12)16/h3-11,24-25H,1-2H3. The fourth-order valence-corrected chi connectivity index (χ4v) is 3.86. The molecule has 0 fully saturated rings. The molecule has 0 saturated carbocycles. The van der Waals surface area contributed by atoms with Crippen molar-refractivity contribution in [1.82, 2.24) is 15.0 Å². The molecule has 2 N–H and O–H groups in total. The monoisotopic (exact) mass is 355 g/mol. The van der Waals surface area contributed by atoms with E-state index < -0.39 is 5.97 Å². The molecule has 0 radical (unpaired) electrons. The summed E-state index contributed by atoms with van der Waals surface area (Å²) in [5.74, 6) is 0.0139. The first-order valence-corrected chi connectivity index (χ1v) is 8.78. The molecule has 0 amide bonds. The second-order valence-electron chi connectivity index (χ2n) is 6.72. The Morgan fingerprint density at radius 1 is 0.963 bits per heavy atom. The third-order valence-electron chi connectivity index (χ3n) is 5.11. The molecule has 132 valence electrons. The summed E-state index contributed by atoms with van der Waals surface area (Å²) in [7, 11) is 0. The Morgan fingerprint density at radius 3 is 2.63 bits per heavy atom. The molecule has 0 saturated heterocycles. The topological polar surface area (TPSA) is 70.8 Å². The molecule has 27 heavy (non-hydrogen) atoms. The molecule has 5 aromatic rings. The van der Waals surface area contributed by atoms with Crippen LogP contribution in [0.5, 0.6) is 5.75 Å². The Labute approximate surface area is 155 Å². The van der Waals surface area contributed by atoms with Gasteiger partial charge in [-0.3, -0.25) is 4.98 Å². The van der Waals surface area contributed by atoms with Crippen molar-refractivity contribution in [2.75, 3.05) is 0 Å². The number of benzene rings is 2. The van der Waals surface area contributed by atoms with Gasteiger partial charge in [0, 0.05) is 33.4 Å². The van der Waals surface area contributed by atoms with Crippen LogP contribution in [0.1, 0.15) is 21.6 Å². The Morgan fingerprint density at radius 2 is 1.81 bits per heavy atom. The van der Waals surface area contributed by atoms with Crippen molar-refractivity contribution in [2.24, 2.45) is 0 Å². The number of nitrogens with zero attached hydrogens (tertiary/aromatic N) is 1. The van der Waals surface area contributed by atoms with Gasteiger partial charge in [0.15, 0.2) is 0 Å². The van der Waals surface area contributed by atoms with Gasteiger partial charge in [-0.1, -0.05) is 18.2 Å². The number of pyridine rings is 1. The highest BCUT2D eigenvalue weighted by Gasteiger charge is 2.20. The molecule has 0 aliphatic rings. The first-order chi connectivity index (χ1) is 13.1. The number of para-hydroxylation sites is 1. The fourth-order valence-electron chi connectivity index (χ4n) is 3.86. The average Bonchev–Trinajstić information content (AvgIpc) is 3.22. The van der Waals surface area contributed by atoms with Crippen LogP contribution in [0.25, 0.3) is 32.7 Å².